The number of nitrogens with zero attached hydrogens (tertiary/aromatic N) is 1. The second-order valence-corrected chi connectivity index (χ2v) is 11.1. The fourth-order valence-electron chi connectivity index (χ4n) is 3.78. The third-order valence-corrected chi connectivity index (χ3v) is 7.29. The Labute approximate surface area is 255 Å². The molecule has 1 heterocycles. The summed E-state index contributed by atoms with van der Waals surface area (Å²) < 4.78 is 22.9. The summed E-state index contributed by atoms with van der Waals surface area (Å²) in [5, 5.41) is 7.91. The summed E-state index contributed by atoms with van der Waals surface area (Å²) in [6.07, 6.45) is 1.49. The SMILES string of the molecule is COc1cc(C=NNC(=O)C(NC(=O)c2ccc3c(c2)OCO3)C(C)C)cc(I)c1OCc1ccc(Cl)cc1Cl. The van der Waals surface area contributed by atoms with Gasteiger partial charge in [-0.25, -0.2) is 5.43 Å². The zero-order chi connectivity index (χ0) is 28.8. The highest BCUT2D eigenvalue weighted by Crippen LogP contribution is 2.35. The van der Waals surface area contributed by atoms with Crippen LogP contribution < -0.4 is 29.7 Å². The molecule has 0 bridgehead atoms. The van der Waals surface area contributed by atoms with E-state index in [4.69, 9.17) is 42.1 Å². The number of rotatable bonds is 10. The smallest absolute Gasteiger partial charge is 0.262 e. The van der Waals surface area contributed by atoms with Gasteiger partial charge in [0.05, 0.1) is 16.9 Å². The Hall–Kier alpha value is -3.22. The summed E-state index contributed by atoms with van der Waals surface area (Å²) in [5.74, 6) is 1.02. The van der Waals surface area contributed by atoms with Crippen LogP contribution in [0.5, 0.6) is 23.0 Å². The lowest BCUT2D eigenvalue weighted by Gasteiger charge is -2.20. The summed E-state index contributed by atoms with van der Waals surface area (Å²) in [5.41, 5.74) is 4.32. The average Bonchev–Trinajstić information content (AvgIpc) is 3.39. The Morgan fingerprint density at radius 2 is 1.88 bits per heavy atom. The molecular weight excluding hydrogens is 672 g/mol. The number of hydrogen-bond donors (Lipinski definition) is 2. The van der Waals surface area contributed by atoms with E-state index in [0.717, 1.165) is 9.13 Å². The highest BCUT2D eigenvalue weighted by molar-refractivity contribution is 14.1. The van der Waals surface area contributed by atoms with Gasteiger partial charge in [-0.2, -0.15) is 5.10 Å². The Bertz CT molecular complexity index is 1450. The molecule has 0 saturated carbocycles. The fourth-order valence-corrected chi connectivity index (χ4v) is 5.02. The van der Waals surface area contributed by atoms with Crippen LogP contribution in [0, 0.1) is 9.49 Å². The van der Waals surface area contributed by atoms with Crippen molar-refractivity contribution in [1.29, 1.82) is 0 Å². The van der Waals surface area contributed by atoms with Crippen LogP contribution in [0.25, 0.3) is 0 Å². The molecule has 9 nitrogen and oxygen atoms in total. The molecular formula is C28H26Cl2IN3O6. The number of fused-ring (bicyclic) bond motifs is 1. The molecule has 3 aromatic rings. The number of halogens is 3. The summed E-state index contributed by atoms with van der Waals surface area (Å²) in [6, 6.07) is 12.8. The standard InChI is InChI=1S/C28H26Cl2IN3O6/c1-15(2)25(33-27(35)17-5-7-22-23(10-17)40-14-39-22)28(36)34-32-12-16-8-21(31)26(24(9-16)37-3)38-13-18-4-6-19(29)11-20(18)30/h4-12,15,25H,13-14H2,1-3H3,(H,33,35)(H,34,36). The summed E-state index contributed by atoms with van der Waals surface area (Å²) in [6.45, 7) is 3.99. The zero-order valence-electron chi connectivity index (χ0n) is 21.8. The predicted molar refractivity (Wildman–Crippen MR) is 161 cm³/mol. The Morgan fingerprint density at radius 1 is 1.10 bits per heavy atom. The van der Waals surface area contributed by atoms with Gasteiger partial charge in [-0.1, -0.05) is 43.1 Å². The monoisotopic (exact) mass is 697 g/mol. The van der Waals surface area contributed by atoms with Gasteiger partial charge in [0.15, 0.2) is 23.0 Å². The summed E-state index contributed by atoms with van der Waals surface area (Å²) in [4.78, 5) is 25.7. The van der Waals surface area contributed by atoms with Crippen molar-refractivity contribution < 1.29 is 28.5 Å². The van der Waals surface area contributed by atoms with Crippen molar-refractivity contribution in [2.75, 3.05) is 13.9 Å². The molecule has 0 saturated heterocycles. The molecule has 0 radical (unpaired) electrons. The van der Waals surface area contributed by atoms with Gasteiger partial charge >= 0.3 is 0 Å². The maximum atomic E-state index is 12.9. The first-order chi connectivity index (χ1) is 19.2. The minimum absolute atomic E-state index is 0.106. The van der Waals surface area contributed by atoms with E-state index in [2.05, 4.69) is 38.4 Å². The number of methoxy groups -OCH3 is 1. The molecule has 40 heavy (non-hydrogen) atoms. The topological polar surface area (TPSA) is 107 Å². The molecule has 3 aromatic carbocycles. The van der Waals surface area contributed by atoms with E-state index < -0.39 is 17.9 Å². The minimum atomic E-state index is -0.819. The number of hydrogen-bond acceptors (Lipinski definition) is 7. The van der Waals surface area contributed by atoms with Gasteiger partial charge in [0.25, 0.3) is 11.8 Å². The number of carbonyl (C=O) groups is 2. The van der Waals surface area contributed by atoms with E-state index >= 15 is 0 Å². The molecule has 1 atom stereocenters. The van der Waals surface area contributed by atoms with Crippen molar-refractivity contribution >= 4 is 63.8 Å². The summed E-state index contributed by atoms with van der Waals surface area (Å²) >= 11 is 14.4. The van der Waals surface area contributed by atoms with Gasteiger partial charge in [-0.15, -0.1) is 0 Å². The van der Waals surface area contributed by atoms with Gasteiger partial charge in [-0.3, -0.25) is 9.59 Å². The van der Waals surface area contributed by atoms with Crippen LogP contribution in [0.1, 0.15) is 35.3 Å². The first kappa shape index (κ1) is 29.8. The van der Waals surface area contributed by atoms with Gasteiger partial charge < -0.3 is 24.3 Å². The summed E-state index contributed by atoms with van der Waals surface area (Å²) in [7, 11) is 1.53. The highest BCUT2D eigenvalue weighted by Gasteiger charge is 2.25. The van der Waals surface area contributed by atoms with Crippen LogP contribution in [0.3, 0.4) is 0 Å². The third kappa shape index (κ3) is 7.29. The average molecular weight is 698 g/mol. The molecule has 0 spiro atoms. The Kier molecular flexibility index (Phi) is 9.99. The Morgan fingerprint density at radius 3 is 2.60 bits per heavy atom. The van der Waals surface area contributed by atoms with Crippen LogP contribution in [0.15, 0.2) is 53.6 Å². The van der Waals surface area contributed by atoms with E-state index in [0.29, 0.717) is 44.2 Å². The third-order valence-electron chi connectivity index (χ3n) is 5.90. The van der Waals surface area contributed by atoms with Crippen molar-refractivity contribution in [3.05, 3.63) is 78.8 Å². The predicted octanol–water partition coefficient (Wildman–Crippen LogP) is 5.82. The van der Waals surface area contributed by atoms with Crippen molar-refractivity contribution in [1.82, 2.24) is 10.7 Å². The lowest BCUT2D eigenvalue weighted by atomic mass is 10.0. The molecule has 2 N–H and O–H groups in total. The fraction of sp³-hybridized carbons (Fsp3) is 0.250. The van der Waals surface area contributed by atoms with Gasteiger partial charge in [0.1, 0.15) is 12.6 Å². The first-order valence-corrected chi connectivity index (χ1v) is 14.0. The molecule has 0 aliphatic carbocycles. The molecule has 1 aliphatic rings. The maximum Gasteiger partial charge on any atom is 0.262 e. The Balaban J connectivity index is 1.40. The maximum absolute atomic E-state index is 12.9. The zero-order valence-corrected chi connectivity index (χ0v) is 25.5. The van der Waals surface area contributed by atoms with E-state index in [9.17, 15) is 9.59 Å². The number of nitrogens with one attached hydrogen (secondary N) is 2. The molecule has 1 aliphatic heterocycles. The molecule has 4 rings (SSSR count). The van der Waals surface area contributed by atoms with Crippen molar-refractivity contribution in [2.45, 2.75) is 26.5 Å². The van der Waals surface area contributed by atoms with E-state index in [-0.39, 0.29) is 19.3 Å². The van der Waals surface area contributed by atoms with E-state index in [1.165, 1.54) is 13.3 Å². The second kappa shape index (κ2) is 13.4. The van der Waals surface area contributed by atoms with Crippen molar-refractivity contribution in [3.63, 3.8) is 0 Å². The second-order valence-electron chi connectivity index (χ2n) is 9.06. The quantitative estimate of drug-likeness (QED) is 0.157. The van der Waals surface area contributed by atoms with Crippen molar-refractivity contribution in [2.24, 2.45) is 11.0 Å². The van der Waals surface area contributed by atoms with Crippen LogP contribution in [0.4, 0.5) is 0 Å². The van der Waals surface area contributed by atoms with Gasteiger partial charge in [0, 0.05) is 21.2 Å². The van der Waals surface area contributed by atoms with Crippen LogP contribution >= 0.6 is 45.8 Å². The normalized spacial score (nSPS) is 12.9. The lowest BCUT2D eigenvalue weighted by Crippen LogP contribution is -2.48. The first-order valence-electron chi connectivity index (χ1n) is 12.1. The minimum Gasteiger partial charge on any atom is -0.493 e. The number of amides is 2. The van der Waals surface area contributed by atoms with Gasteiger partial charge in [0.2, 0.25) is 6.79 Å². The number of ether oxygens (including phenoxy) is 4. The highest BCUT2D eigenvalue weighted by atomic mass is 127. The van der Waals surface area contributed by atoms with E-state index in [1.807, 2.05) is 19.9 Å². The molecule has 12 heteroatoms. The largest absolute Gasteiger partial charge is 0.493 e. The number of hydrazone groups is 1. The molecule has 1 unspecified atom stereocenters. The van der Waals surface area contributed by atoms with Crippen molar-refractivity contribution in [3.8, 4) is 23.0 Å². The number of carbonyl (C=O) groups excluding carboxylic acids is 2. The molecule has 2 amide bonds. The van der Waals surface area contributed by atoms with Crippen LogP contribution in [-0.2, 0) is 11.4 Å². The number of benzene rings is 3. The van der Waals surface area contributed by atoms with E-state index in [1.54, 1.807) is 42.5 Å². The van der Waals surface area contributed by atoms with Crippen LogP contribution in [-0.4, -0.2) is 38.0 Å². The van der Waals surface area contributed by atoms with Gasteiger partial charge in [-0.05, 0) is 76.5 Å². The van der Waals surface area contributed by atoms with Crippen LogP contribution in [0.2, 0.25) is 10.0 Å². The molecule has 0 fully saturated rings. The lowest BCUT2D eigenvalue weighted by molar-refractivity contribution is -0.123. The molecule has 0 aromatic heterocycles. The molecule has 210 valence electrons.